The first-order valence-electron chi connectivity index (χ1n) is 7.73. The van der Waals surface area contributed by atoms with Gasteiger partial charge in [-0.2, -0.15) is 0 Å². The van der Waals surface area contributed by atoms with Crippen molar-refractivity contribution in [1.82, 2.24) is 9.97 Å². The molecule has 0 atom stereocenters. The van der Waals surface area contributed by atoms with Crippen LogP contribution in [0.25, 0.3) is 0 Å². The summed E-state index contributed by atoms with van der Waals surface area (Å²) in [7, 11) is 1.62. The van der Waals surface area contributed by atoms with Crippen molar-refractivity contribution in [2.24, 2.45) is 11.8 Å². The highest BCUT2D eigenvalue weighted by atomic mass is 16.5. The first-order chi connectivity index (χ1) is 10.2. The van der Waals surface area contributed by atoms with Crippen molar-refractivity contribution < 1.29 is 4.74 Å². The molecule has 4 N–H and O–H groups in total. The molecule has 1 aromatic heterocycles. The third-order valence-electron chi connectivity index (χ3n) is 3.21. The highest BCUT2D eigenvalue weighted by Gasteiger charge is 2.03. The Labute approximate surface area is 127 Å². The second-order valence-electron chi connectivity index (χ2n) is 5.66. The first kappa shape index (κ1) is 17.7. The third kappa shape index (κ3) is 7.82. The van der Waals surface area contributed by atoms with E-state index < -0.39 is 0 Å². The summed E-state index contributed by atoms with van der Waals surface area (Å²) in [5.41, 5.74) is 2.55. The molecule has 0 aliphatic rings. The van der Waals surface area contributed by atoms with Gasteiger partial charge in [0.25, 0.3) is 0 Å². The second-order valence-corrected chi connectivity index (χ2v) is 5.66. The Bertz CT molecular complexity index is 398. The summed E-state index contributed by atoms with van der Waals surface area (Å²) < 4.78 is 5.05. The molecule has 0 fully saturated rings. The SMILES string of the molecule is COCc1nc(NN)cc(NCCCCCCC(C)C)n1. The highest BCUT2D eigenvalue weighted by Crippen LogP contribution is 2.12. The Balaban J connectivity index is 2.29. The van der Waals surface area contributed by atoms with Crippen LogP contribution in [0.3, 0.4) is 0 Å². The fourth-order valence-corrected chi connectivity index (χ4v) is 2.10. The van der Waals surface area contributed by atoms with E-state index in [0.29, 0.717) is 18.2 Å². The van der Waals surface area contributed by atoms with Gasteiger partial charge >= 0.3 is 0 Å². The zero-order valence-corrected chi connectivity index (χ0v) is 13.5. The zero-order chi connectivity index (χ0) is 15.5. The van der Waals surface area contributed by atoms with E-state index >= 15 is 0 Å². The van der Waals surface area contributed by atoms with Crippen molar-refractivity contribution >= 4 is 11.6 Å². The molecule has 0 saturated carbocycles. The monoisotopic (exact) mass is 295 g/mol. The normalized spacial score (nSPS) is 10.9. The van der Waals surface area contributed by atoms with E-state index in [1.807, 2.05) is 0 Å². The van der Waals surface area contributed by atoms with Crippen molar-refractivity contribution in [1.29, 1.82) is 0 Å². The molecule has 0 bridgehead atoms. The molecule has 0 amide bonds. The number of methoxy groups -OCH3 is 1. The summed E-state index contributed by atoms with van der Waals surface area (Å²) in [4.78, 5) is 8.60. The molecular weight excluding hydrogens is 266 g/mol. The minimum Gasteiger partial charge on any atom is -0.377 e. The zero-order valence-electron chi connectivity index (χ0n) is 13.5. The van der Waals surface area contributed by atoms with Crippen molar-refractivity contribution in [3.8, 4) is 0 Å². The van der Waals surface area contributed by atoms with Crippen LogP contribution in [0.2, 0.25) is 0 Å². The molecule has 0 unspecified atom stereocenters. The Hall–Kier alpha value is -1.40. The average Bonchev–Trinajstić information content (AvgIpc) is 2.46. The van der Waals surface area contributed by atoms with E-state index in [-0.39, 0.29) is 0 Å². The summed E-state index contributed by atoms with van der Waals surface area (Å²) in [6.07, 6.45) is 6.34. The van der Waals surface area contributed by atoms with Crippen LogP contribution in [-0.4, -0.2) is 23.6 Å². The summed E-state index contributed by atoms with van der Waals surface area (Å²) in [5, 5.41) is 3.32. The van der Waals surface area contributed by atoms with Crippen LogP contribution in [0.15, 0.2) is 6.07 Å². The topological polar surface area (TPSA) is 85.1 Å². The quantitative estimate of drug-likeness (QED) is 0.331. The first-order valence-corrected chi connectivity index (χ1v) is 7.73. The summed E-state index contributed by atoms with van der Waals surface area (Å²) in [5.74, 6) is 8.22. The molecule has 120 valence electrons. The van der Waals surface area contributed by atoms with E-state index in [1.165, 1.54) is 25.7 Å². The molecule has 0 spiro atoms. The van der Waals surface area contributed by atoms with Crippen molar-refractivity contribution in [2.75, 3.05) is 24.4 Å². The van der Waals surface area contributed by atoms with E-state index in [2.05, 4.69) is 34.6 Å². The standard InChI is InChI=1S/C15H29N5O/c1-12(2)8-6-4-5-7-9-17-13-10-14(20-16)19-15(18-13)11-21-3/h10,12H,4-9,11,16H2,1-3H3,(H2,17,18,19,20). The number of anilines is 2. The van der Waals surface area contributed by atoms with Gasteiger partial charge in [0.1, 0.15) is 18.2 Å². The summed E-state index contributed by atoms with van der Waals surface area (Å²) in [6.45, 7) is 5.84. The number of aromatic nitrogens is 2. The maximum absolute atomic E-state index is 5.41. The molecule has 6 heteroatoms. The number of ether oxygens (including phenoxy) is 1. The molecule has 0 radical (unpaired) electrons. The van der Waals surface area contributed by atoms with Crippen LogP contribution in [0.1, 0.15) is 51.8 Å². The predicted molar refractivity (Wildman–Crippen MR) is 87.0 cm³/mol. The average molecular weight is 295 g/mol. The lowest BCUT2D eigenvalue weighted by atomic mass is 10.0. The maximum Gasteiger partial charge on any atom is 0.158 e. The number of hydrazine groups is 1. The van der Waals surface area contributed by atoms with Gasteiger partial charge < -0.3 is 15.5 Å². The van der Waals surface area contributed by atoms with E-state index in [0.717, 1.165) is 24.7 Å². The Morgan fingerprint density at radius 1 is 1.14 bits per heavy atom. The van der Waals surface area contributed by atoms with Gasteiger partial charge in [-0.1, -0.05) is 39.5 Å². The van der Waals surface area contributed by atoms with Gasteiger partial charge in [-0.15, -0.1) is 0 Å². The van der Waals surface area contributed by atoms with Gasteiger partial charge in [-0.25, -0.2) is 15.8 Å². The van der Waals surface area contributed by atoms with Gasteiger partial charge in [-0.3, -0.25) is 0 Å². The van der Waals surface area contributed by atoms with Crippen molar-refractivity contribution in [3.63, 3.8) is 0 Å². The molecule has 0 saturated heterocycles. The molecule has 0 aromatic carbocycles. The van der Waals surface area contributed by atoms with Crippen LogP contribution in [0.4, 0.5) is 11.6 Å². The molecule has 1 heterocycles. The predicted octanol–water partition coefficient (Wildman–Crippen LogP) is 2.93. The third-order valence-corrected chi connectivity index (χ3v) is 3.21. The molecule has 6 nitrogen and oxygen atoms in total. The van der Waals surface area contributed by atoms with Gasteiger partial charge in [0.2, 0.25) is 0 Å². The minimum absolute atomic E-state index is 0.374. The molecule has 1 aromatic rings. The number of unbranched alkanes of at least 4 members (excludes halogenated alkanes) is 3. The highest BCUT2D eigenvalue weighted by molar-refractivity contribution is 5.46. The van der Waals surface area contributed by atoms with E-state index in [4.69, 9.17) is 10.6 Å². The number of hydrogen-bond donors (Lipinski definition) is 3. The summed E-state index contributed by atoms with van der Waals surface area (Å²) >= 11 is 0. The smallest absolute Gasteiger partial charge is 0.158 e. The van der Waals surface area contributed by atoms with Crippen LogP contribution in [-0.2, 0) is 11.3 Å². The fourth-order valence-electron chi connectivity index (χ4n) is 2.10. The lowest BCUT2D eigenvalue weighted by molar-refractivity contribution is 0.178. The largest absolute Gasteiger partial charge is 0.377 e. The molecule has 0 aliphatic heterocycles. The molecule has 21 heavy (non-hydrogen) atoms. The van der Waals surface area contributed by atoms with Gasteiger partial charge in [0.15, 0.2) is 5.82 Å². The fraction of sp³-hybridized carbons (Fsp3) is 0.733. The number of nitrogens with one attached hydrogen (secondary N) is 2. The lowest BCUT2D eigenvalue weighted by Crippen LogP contribution is -2.13. The lowest BCUT2D eigenvalue weighted by Gasteiger charge is -2.09. The van der Waals surface area contributed by atoms with Crippen LogP contribution in [0, 0.1) is 5.92 Å². The Morgan fingerprint density at radius 2 is 1.86 bits per heavy atom. The minimum atomic E-state index is 0.374. The Kier molecular flexibility index (Phi) is 8.69. The van der Waals surface area contributed by atoms with Gasteiger partial charge in [0.05, 0.1) is 0 Å². The molecular formula is C15H29N5O. The molecule has 0 aliphatic carbocycles. The number of rotatable bonds is 11. The Morgan fingerprint density at radius 3 is 2.52 bits per heavy atom. The van der Waals surface area contributed by atoms with Crippen LogP contribution >= 0.6 is 0 Å². The number of nitrogen functional groups attached to an aromatic ring is 1. The van der Waals surface area contributed by atoms with Crippen LogP contribution in [0.5, 0.6) is 0 Å². The summed E-state index contributed by atoms with van der Waals surface area (Å²) in [6, 6.07) is 1.80. The van der Waals surface area contributed by atoms with E-state index in [9.17, 15) is 0 Å². The number of nitrogens with two attached hydrogens (primary N) is 1. The number of hydrogen-bond acceptors (Lipinski definition) is 6. The van der Waals surface area contributed by atoms with Crippen molar-refractivity contribution in [2.45, 2.75) is 52.6 Å². The maximum atomic E-state index is 5.41. The van der Waals surface area contributed by atoms with Gasteiger partial charge in [-0.05, 0) is 12.3 Å². The molecule has 1 rings (SSSR count). The van der Waals surface area contributed by atoms with Crippen molar-refractivity contribution in [3.05, 3.63) is 11.9 Å². The van der Waals surface area contributed by atoms with Crippen LogP contribution < -0.4 is 16.6 Å². The van der Waals surface area contributed by atoms with Gasteiger partial charge in [0, 0.05) is 19.7 Å². The number of nitrogens with zero attached hydrogens (tertiary/aromatic N) is 2. The second kappa shape index (κ2) is 10.3. The van der Waals surface area contributed by atoms with E-state index in [1.54, 1.807) is 13.2 Å².